The molecular formula is C19H23F3N2O4. The first-order valence-corrected chi connectivity index (χ1v) is 9.00. The van der Waals surface area contributed by atoms with Gasteiger partial charge in [-0.15, -0.1) is 13.2 Å². The molecule has 1 N–H and O–H groups in total. The molecule has 9 heteroatoms. The Kier molecular flexibility index (Phi) is 7.86. The highest BCUT2D eigenvalue weighted by molar-refractivity contribution is 6.00. The van der Waals surface area contributed by atoms with E-state index in [0.717, 1.165) is 25.0 Å². The molecule has 0 atom stereocenters. The lowest BCUT2D eigenvalue weighted by Gasteiger charge is -2.09. The second-order valence-electron chi connectivity index (χ2n) is 6.12. The Hall–Kier alpha value is -2.55. The number of unbranched alkanes of at least 4 members (excludes halogenated alkanes) is 1. The number of carbonyl (C=O) groups is 1. The van der Waals surface area contributed by atoms with Crippen molar-refractivity contribution in [3.63, 3.8) is 0 Å². The molecule has 0 fully saturated rings. The van der Waals surface area contributed by atoms with E-state index in [1.807, 2.05) is 0 Å². The van der Waals surface area contributed by atoms with Crippen LogP contribution in [0.4, 0.5) is 13.2 Å². The van der Waals surface area contributed by atoms with Crippen LogP contribution in [0.15, 0.2) is 28.8 Å². The van der Waals surface area contributed by atoms with Crippen LogP contribution < -0.4 is 10.1 Å². The molecule has 2 rings (SSSR count). The minimum Gasteiger partial charge on any atom is -0.406 e. The molecule has 6 nitrogen and oxygen atoms in total. The fraction of sp³-hybridized carbons (Fsp3) is 0.474. The summed E-state index contributed by atoms with van der Waals surface area (Å²) in [7, 11) is 0. The first kappa shape index (κ1) is 21.7. The van der Waals surface area contributed by atoms with Gasteiger partial charge in [0, 0.05) is 25.3 Å². The van der Waals surface area contributed by atoms with E-state index in [4.69, 9.17) is 9.26 Å². The number of rotatable bonds is 10. The molecular weight excluding hydrogens is 377 g/mol. The summed E-state index contributed by atoms with van der Waals surface area (Å²) >= 11 is 0. The number of aryl methyl sites for hydroxylation is 1. The van der Waals surface area contributed by atoms with E-state index in [1.54, 1.807) is 6.92 Å². The molecule has 0 aliphatic carbocycles. The van der Waals surface area contributed by atoms with Crippen molar-refractivity contribution in [1.82, 2.24) is 10.5 Å². The van der Waals surface area contributed by atoms with Gasteiger partial charge >= 0.3 is 6.36 Å². The summed E-state index contributed by atoms with van der Waals surface area (Å²) in [5.74, 6) is -0.535. The molecule has 154 valence electrons. The maximum atomic E-state index is 12.5. The van der Waals surface area contributed by atoms with Crippen molar-refractivity contribution in [2.45, 2.75) is 39.5 Å². The largest absolute Gasteiger partial charge is 0.573 e. The molecule has 0 spiro atoms. The first-order valence-electron chi connectivity index (χ1n) is 9.00. The van der Waals surface area contributed by atoms with Crippen LogP contribution in [0.5, 0.6) is 5.75 Å². The molecule has 0 bridgehead atoms. The Morgan fingerprint density at radius 1 is 1.18 bits per heavy atom. The summed E-state index contributed by atoms with van der Waals surface area (Å²) in [6.07, 6.45) is -2.04. The van der Waals surface area contributed by atoms with Gasteiger partial charge in [-0.2, -0.15) is 0 Å². The Labute approximate surface area is 161 Å². The molecule has 1 aromatic carbocycles. The fourth-order valence-electron chi connectivity index (χ4n) is 2.46. The highest BCUT2D eigenvalue weighted by atomic mass is 19.4. The Balaban J connectivity index is 1.98. The molecule has 1 heterocycles. The molecule has 1 amide bonds. The molecule has 0 aliphatic rings. The molecule has 1 aromatic heterocycles. The van der Waals surface area contributed by atoms with Crippen LogP contribution >= 0.6 is 0 Å². The Morgan fingerprint density at radius 3 is 2.50 bits per heavy atom. The number of alkyl halides is 3. The topological polar surface area (TPSA) is 73.6 Å². The van der Waals surface area contributed by atoms with Gasteiger partial charge in [0.05, 0.1) is 5.69 Å². The maximum absolute atomic E-state index is 12.5. The van der Waals surface area contributed by atoms with Crippen molar-refractivity contribution in [3.8, 4) is 17.1 Å². The third-order valence-corrected chi connectivity index (χ3v) is 3.83. The highest BCUT2D eigenvalue weighted by Crippen LogP contribution is 2.29. The minimum absolute atomic E-state index is 0.188. The van der Waals surface area contributed by atoms with E-state index in [9.17, 15) is 18.0 Å². The average Bonchev–Trinajstić information content (AvgIpc) is 3.02. The monoisotopic (exact) mass is 400 g/mol. The van der Waals surface area contributed by atoms with Crippen molar-refractivity contribution in [2.75, 3.05) is 19.8 Å². The van der Waals surface area contributed by atoms with E-state index in [0.29, 0.717) is 37.4 Å². The summed E-state index contributed by atoms with van der Waals surface area (Å²) in [4.78, 5) is 12.5. The van der Waals surface area contributed by atoms with Crippen LogP contribution in [-0.2, 0) is 4.74 Å². The first-order chi connectivity index (χ1) is 13.3. The van der Waals surface area contributed by atoms with E-state index in [1.165, 1.54) is 12.1 Å². The second-order valence-corrected chi connectivity index (χ2v) is 6.12. The lowest BCUT2D eigenvalue weighted by Crippen LogP contribution is -2.26. The minimum atomic E-state index is -4.77. The Morgan fingerprint density at radius 2 is 1.86 bits per heavy atom. The number of ether oxygens (including phenoxy) is 2. The number of hydrogen-bond donors (Lipinski definition) is 1. The van der Waals surface area contributed by atoms with Gasteiger partial charge in [0.2, 0.25) is 0 Å². The van der Waals surface area contributed by atoms with Crippen molar-refractivity contribution < 1.29 is 32.0 Å². The molecule has 0 saturated carbocycles. The zero-order chi connectivity index (χ0) is 20.6. The van der Waals surface area contributed by atoms with Crippen LogP contribution in [0.2, 0.25) is 0 Å². The summed E-state index contributed by atoms with van der Waals surface area (Å²) < 4.78 is 51.3. The van der Waals surface area contributed by atoms with Crippen LogP contribution in [0.25, 0.3) is 11.3 Å². The summed E-state index contributed by atoms with van der Waals surface area (Å²) in [6.45, 7) is 5.38. The quantitative estimate of drug-likeness (QED) is 0.595. The third-order valence-electron chi connectivity index (χ3n) is 3.83. The maximum Gasteiger partial charge on any atom is 0.573 e. The van der Waals surface area contributed by atoms with Gasteiger partial charge in [0.15, 0.2) is 5.76 Å². The van der Waals surface area contributed by atoms with Crippen LogP contribution in [-0.4, -0.2) is 37.2 Å². The summed E-state index contributed by atoms with van der Waals surface area (Å²) in [5, 5.41) is 6.58. The number of carbonyl (C=O) groups excluding carboxylic acids is 1. The van der Waals surface area contributed by atoms with E-state index in [2.05, 4.69) is 22.1 Å². The Bertz CT molecular complexity index is 758. The van der Waals surface area contributed by atoms with E-state index >= 15 is 0 Å². The average molecular weight is 400 g/mol. The number of nitrogens with one attached hydrogen (secondary N) is 1. The normalized spacial score (nSPS) is 11.5. The third kappa shape index (κ3) is 6.56. The van der Waals surface area contributed by atoms with E-state index < -0.39 is 6.36 Å². The molecule has 28 heavy (non-hydrogen) atoms. The molecule has 0 saturated heterocycles. The van der Waals surface area contributed by atoms with Gasteiger partial charge in [-0.1, -0.05) is 18.5 Å². The molecule has 0 aliphatic heterocycles. The van der Waals surface area contributed by atoms with Gasteiger partial charge in [0.25, 0.3) is 5.91 Å². The van der Waals surface area contributed by atoms with E-state index in [-0.39, 0.29) is 23.0 Å². The van der Waals surface area contributed by atoms with Crippen molar-refractivity contribution in [2.24, 2.45) is 0 Å². The lowest BCUT2D eigenvalue weighted by atomic mass is 10.1. The number of nitrogens with zero attached hydrogens (tertiary/aromatic N) is 1. The van der Waals surface area contributed by atoms with Crippen LogP contribution in [0, 0.1) is 6.92 Å². The van der Waals surface area contributed by atoms with Crippen LogP contribution in [0.3, 0.4) is 0 Å². The predicted octanol–water partition coefficient (Wildman–Crippen LogP) is 4.49. The fourth-order valence-corrected chi connectivity index (χ4v) is 2.46. The summed E-state index contributed by atoms with van der Waals surface area (Å²) in [6, 6.07) is 5.05. The number of benzene rings is 1. The van der Waals surface area contributed by atoms with Crippen molar-refractivity contribution in [1.29, 1.82) is 0 Å². The highest BCUT2D eigenvalue weighted by Gasteiger charge is 2.31. The number of aromatic nitrogens is 1. The predicted molar refractivity (Wildman–Crippen MR) is 96.0 cm³/mol. The van der Waals surface area contributed by atoms with Crippen molar-refractivity contribution >= 4 is 5.91 Å². The number of halogens is 3. The number of amides is 1. The van der Waals surface area contributed by atoms with Crippen molar-refractivity contribution in [3.05, 3.63) is 35.5 Å². The number of hydrogen-bond acceptors (Lipinski definition) is 5. The summed E-state index contributed by atoms with van der Waals surface area (Å²) in [5.41, 5.74) is 1.06. The van der Waals surface area contributed by atoms with Gasteiger partial charge in [-0.25, -0.2) is 0 Å². The lowest BCUT2D eigenvalue weighted by molar-refractivity contribution is -0.274. The van der Waals surface area contributed by atoms with Crippen LogP contribution in [0.1, 0.15) is 42.2 Å². The molecule has 0 radical (unpaired) electrons. The zero-order valence-electron chi connectivity index (χ0n) is 15.8. The SMILES string of the molecule is CCCCOCCCNC(=O)c1c(C)noc1-c1ccc(OC(F)(F)F)cc1. The van der Waals surface area contributed by atoms with Gasteiger partial charge in [-0.3, -0.25) is 4.79 Å². The molecule has 2 aromatic rings. The second kappa shape index (κ2) is 10.1. The standard InChI is InChI=1S/C19H23F3N2O4/c1-3-4-11-26-12-5-10-23-18(25)16-13(2)24-28-17(16)14-6-8-15(9-7-14)27-19(20,21)22/h6-9H,3-5,10-12H2,1-2H3,(H,23,25). The smallest absolute Gasteiger partial charge is 0.406 e. The van der Waals surface area contributed by atoms with Gasteiger partial charge < -0.3 is 19.3 Å². The van der Waals surface area contributed by atoms with Gasteiger partial charge in [-0.05, 0) is 44.0 Å². The molecule has 0 unspecified atom stereocenters. The zero-order valence-corrected chi connectivity index (χ0v) is 15.8. The van der Waals surface area contributed by atoms with Gasteiger partial charge in [0.1, 0.15) is 11.3 Å².